The lowest BCUT2D eigenvalue weighted by molar-refractivity contribution is -0.118. The zero-order valence-electron chi connectivity index (χ0n) is 8.64. The van der Waals surface area contributed by atoms with Crippen molar-refractivity contribution >= 4 is 5.78 Å². The lowest BCUT2D eigenvalue weighted by atomic mass is 10.0. The molecule has 0 amide bonds. The number of benzene rings is 1. The summed E-state index contributed by atoms with van der Waals surface area (Å²) in [5.41, 5.74) is 1.99. The maximum atomic E-state index is 12.9. The number of halogens is 1. The van der Waals surface area contributed by atoms with Crippen molar-refractivity contribution in [1.29, 1.82) is 0 Å². The molecule has 0 radical (unpaired) electrons. The van der Waals surface area contributed by atoms with E-state index in [1.165, 1.54) is 12.1 Å². The van der Waals surface area contributed by atoms with E-state index in [2.05, 4.69) is 0 Å². The van der Waals surface area contributed by atoms with Crippen LogP contribution in [-0.2, 0) is 11.2 Å². The molecule has 14 heavy (non-hydrogen) atoms. The summed E-state index contributed by atoms with van der Waals surface area (Å²) in [5, 5.41) is 0. The monoisotopic (exact) mass is 194 g/mol. The summed E-state index contributed by atoms with van der Waals surface area (Å²) < 4.78 is 12.9. The molecular formula is C12H15FO. The first kappa shape index (κ1) is 10.9. The molecule has 1 nitrogen and oxygen atoms in total. The fraction of sp³-hybridized carbons (Fsp3) is 0.417. The first-order valence-electron chi connectivity index (χ1n) is 4.90. The highest BCUT2D eigenvalue weighted by Crippen LogP contribution is 2.12. The van der Waals surface area contributed by atoms with Crippen molar-refractivity contribution < 1.29 is 9.18 Å². The van der Waals surface area contributed by atoms with Crippen LogP contribution in [0.4, 0.5) is 4.39 Å². The van der Waals surface area contributed by atoms with Crippen molar-refractivity contribution in [1.82, 2.24) is 0 Å². The number of hydrogen-bond acceptors (Lipinski definition) is 1. The summed E-state index contributed by atoms with van der Waals surface area (Å²) in [4.78, 5) is 11.1. The lowest BCUT2D eigenvalue weighted by Crippen LogP contribution is -1.99. The highest BCUT2D eigenvalue weighted by Gasteiger charge is 2.03. The molecule has 0 bridgehead atoms. The minimum Gasteiger partial charge on any atom is -0.300 e. The van der Waals surface area contributed by atoms with Crippen molar-refractivity contribution in [2.45, 2.75) is 33.1 Å². The molecule has 0 fully saturated rings. The van der Waals surface area contributed by atoms with Gasteiger partial charge in [0.25, 0.3) is 0 Å². The molecule has 0 aliphatic heterocycles. The highest BCUT2D eigenvalue weighted by molar-refractivity contribution is 5.78. The minimum atomic E-state index is -0.227. The molecule has 0 N–H and O–H groups in total. The number of aryl methyl sites for hydroxylation is 2. The molecule has 0 atom stereocenters. The Labute approximate surface area is 83.9 Å². The molecule has 1 aromatic rings. The molecule has 0 heterocycles. The van der Waals surface area contributed by atoms with Crippen LogP contribution in [0.3, 0.4) is 0 Å². The number of carbonyl (C=O) groups excluding carboxylic acids is 1. The van der Waals surface area contributed by atoms with Crippen LogP contribution in [0, 0.1) is 12.7 Å². The number of carbonyl (C=O) groups is 1. The highest BCUT2D eigenvalue weighted by atomic mass is 19.1. The summed E-state index contributed by atoms with van der Waals surface area (Å²) >= 11 is 0. The second-order valence-electron chi connectivity index (χ2n) is 3.46. The van der Waals surface area contributed by atoms with Crippen LogP contribution in [0.1, 0.15) is 30.9 Å². The van der Waals surface area contributed by atoms with Gasteiger partial charge in [-0.1, -0.05) is 13.0 Å². The summed E-state index contributed by atoms with van der Waals surface area (Å²) in [5.74, 6) is 0.00297. The van der Waals surface area contributed by atoms with Crippen LogP contribution in [0.5, 0.6) is 0 Å². The average Bonchev–Trinajstić information content (AvgIpc) is 2.19. The lowest BCUT2D eigenvalue weighted by Gasteiger charge is -2.04. The van der Waals surface area contributed by atoms with Gasteiger partial charge in [0.2, 0.25) is 0 Å². The van der Waals surface area contributed by atoms with Gasteiger partial charge in [0.1, 0.15) is 11.6 Å². The van der Waals surface area contributed by atoms with E-state index in [0.717, 1.165) is 11.1 Å². The van der Waals surface area contributed by atoms with E-state index in [9.17, 15) is 9.18 Å². The van der Waals surface area contributed by atoms with Gasteiger partial charge in [0.15, 0.2) is 0 Å². The molecule has 0 aromatic heterocycles. The topological polar surface area (TPSA) is 17.1 Å². The van der Waals surface area contributed by atoms with E-state index in [-0.39, 0.29) is 11.6 Å². The quantitative estimate of drug-likeness (QED) is 0.720. The molecule has 0 saturated carbocycles. The van der Waals surface area contributed by atoms with E-state index >= 15 is 0 Å². The van der Waals surface area contributed by atoms with E-state index in [1.807, 2.05) is 13.8 Å². The SMILES string of the molecule is CCC(=O)CCc1cc(F)ccc1C. The molecule has 1 aromatic carbocycles. The van der Waals surface area contributed by atoms with Gasteiger partial charge >= 0.3 is 0 Å². The fourth-order valence-electron chi connectivity index (χ4n) is 1.36. The predicted molar refractivity (Wildman–Crippen MR) is 54.8 cm³/mol. The maximum absolute atomic E-state index is 12.9. The zero-order chi connectivity index (χ0) is 10.6. The minimum absolute atomic E-state index is 0.227. The molecular weight excluding hydrogens is 179 g/mol. The van der Waals surface area contributed by atoms with Gasteiger partial charge in [-0.3, -0.25) is 4.79 Å². The van der Waals surface area contributed by atoms with Crippen molar-refractivity contribution in [2.24, 2.45) is 0 Å². The Hall–Kier alpha value is -1.18. The van der Waals surface area contributed by atoms with E-state index in [4.69, 9.17) is 0 Å². The number of Topliss-reactive ketones (excluding diaryl/α,β-unsaturated/α-hetero) is 1. The van der Waals surface area contributed by atoms with Crippen molar-refractivity contribution in [3.63, 3.8) is 0 Å². The molecule has 0 unspecified atom stereocenters. The summed E-state index contributed by atoms with van der Waals surface area (Å²) in [6.45, 7) is 3.78. The predicted octanol–water partition coefficient (Wildman–Crippen LogP) is 3.05. The molecule has 2 heteroatoms. The van der Waals surface area contributed by atoms with Crippen LogP contribution in [0.15, 0.2) is 18.2 Å². The second kappa shape index (κ2) is 4.89. The fourth-order valence-corrected chi connectivity index (χ4v) is 1.36. The third-order valence-corrected chi connectivity index (χ3v) is 2.38. The molecule has 0 aliphatic carbocycles. The maximum Gasteiger partial charge on any atom is 0.132 e. The van der Waals surface area contributed by atoms with Crippen molar-refractivity contribution in [3.05, 3.63) is 35.1 Å². The molecule has 76 valence electrons. The van der Waals surface area contributed by atoms with Gasteiger partial charge in [-0.2, -0.15) is 0 Å². The van der Waals surface area contributed by atoms with Gasteiger partial charge in [0.05, 0.1) is 0 Å². The van der Waals surface area contributed by atoms with Gasteiger partial charge in [-0.25, -0.2) is 4.39 Å². The Kier molecular flexibility index (Phi) is 3.81. The van der Waals surface area contributed by atoms with Crippen LogP contribution >= 0.6 is 0 Å². The third kappa shape index (κ3) is 2.95. The molecule has 0 saturated heterocycles. The van der Waals surface area contributed by atoms with Crippen LogP contribution in [0.25, 0.3) is 0 Å². The van der Waals surface area contributed by atoms with E-state index in [1.54, 1.807) is 6.07 Å². The number of hydrogen-bond donors (Lipinski definition) is 0. The van der Waals surface area contributed by atoms with Gasteiger partial charge in [-0.15, -0.1) is 0 Å². The second-order valence-corrected chi connectivity index (χ2v) is 3.46. The van der Waals surface area contributed by atoms with Gasteiger partial charge in [-0.05, 0) is 36.6 Å². The van der Waals surface area contributed by atoms with Crippen molar-refractivity contribution in [3.8, 4) is 0 Å². The van der Waals surface area contributed by atoms with Crippen LogP contribution in [-0.4, -0.2) is 5.78 Å². The Morgan fingerprint density at radius 1 is 1.43 bits per heavy atom. The molecule has 0 aliphatic rings. The smallest absolute Gasteiger partial charge is 0.132 e. The molecule has 1 rings (SSSR count). The number of rotatable bonds is 4. The summed E-state index contributed by atoms with van der Waals surface area (Å²) in [7, 11) is 0. The normalized spacial score (nSPS) is 10.2. The van der Waals surface area contributed by atoms with Gasteiger partial charge < -0.3 is 0 Å². The van der Waals surface area contributed by atoms with Gasteiger partial charge in [0, 0.05) is 12.8 Å². The third-order valence-electron chi connectivity index (χ3n) is 2.38. The molecule has 0 spiro atoms. The zero-order valence-corrected chi connectivity index (χ0v) is 8.64. The van der Waals surface area contributed by atoms with Crippen LogP contribution in [0.2, 0.25) is 0 Å². The Balaban J connectivity index is 2.66. The summed E-state index contributed by atoms with van der Waals surface area (Å²) in [6.07, 6.45) is 1.73. The Morgan fingerprint density at radius 3 is 2.79 bits per heavy atom. The van der Waals surface area contributed by atoms with E-state index < -0.39 is 0 Å². The first-order valence-corrected chi connectivity index (χ1v) is 4.90. The largest absolute Gasteiger partial charge is 0.300 e. The van der Waals surface area contributed by atoms with Crippen molar-refractivity contribution in [2.75, 3.05) is 0 Å². The Bertz CT molecular complexity index is 331. The Morgan fingerprint density at radius 2 is 2.14 bits per heavy atom. The van der Waals surface area contributed by atoms with Crippen LogP contribution < -0.4 is 0 Å². The van der Waals surface area contributed by atoms with E-state index in [0.29, 0.717) is 19.3 Å². The first-order chi connectivity index (χ1) is 6.63. The summed E-state index contributed by atoms with van der Waals surface area (Å²) in [6, 6.07) is 4.71. The number of ketones is 1. The average molecular weight is 194 g/mol. The standard InChI is InChI=1S/C12H15FO/c1-3-12(14)7-5-10-8-11(13)6-4-9(10)2/h4,6,8H,3,5,7H2,1-2H3.